The third-order valence-electron chi connectivity index (χ3n) is 27.1. The Kier molecular flexibility index (Phi) is 55.3. The molecule has 6 aliphatic rings. The molecule has 0 aromatic heterocycles. The number of nitrogens with one attached hydrogen (secondary N) is 4. The summed E-state index contributed by atoms with van der Waals surface area (Å²) in [5.74, 6) is -23.5. The number of carbonyl (C=O) groups is 8. The molecule has 6 aliphatic heterocycles. The van der Waals surface area contributed by atoms with Gasteiger partial charge in [0.25, 0.3) is 17.4 Å². The Morgan fingerprint density at radius 1 is 0.379 bits per heavy atom. The molecule has 6 fully saturated rings. The third kappa shape index (κ3) is 36.6. The Hall–Kier alpha value is -5.28. The van der Waals surface area contributed by atoms with E-state index in [1.54, 1.807) is 0 Å². The van der Waals surface area contributed by atoms with E-state index in [4.69, 9.17) is 56.8 Å². The first-order valence-electron chi connectivity index (χ1n) is 50.4. The van der Waals surface area contributed by atoms with Gasteiger partial charge in [-0.2, -0.15) is 0 Å². The van der Waals surface area contributed by atoms with Crippen molar-refractivity contribution in [2.45, 2.75) is 492 Å². The van der Waals surface area contributed by atoms with Gasteiger partial charge in [0.1, 0.15) is 122 Å². The van der Waals surface area contributed by atoms with E-state index in [-0.39, 0.29) is 12.8 Å². The molecule has 46 heteroatoms. The number of aliphatic carboxylic acids is 3. The van der Waals surface area contributed by atoms with Crippen LogP contribution in [0.5, 0.6) is 0 Å². The van der Waals surface area contributed by atoms with Gasteiger partial charge in [-0.1, -0.05) is 213 Å². The normalized spacial score (nSPS) is 33.3. The van der Waals surface area contributed by atoms with Crippen LogP contribution in [0.4, 0.5) is 0 Å². The molecule has 26 N–H and O–H groups in total. The highest BCUT2D eigenvalue weighted by Crippen LogP contribution is 2.45. The number of ketones is 1. The van der Waals surface area contributed by atoms with Crippen LogP contribution in [0, 0.1) is 5.92 Å². The van der Waals surface area contributed by atoms with Crippen molar-refractivity contribution < 1.29 is 208 Å². The van der Waals surface area contributed by atoms with E-state index in [1.165, 1.54) is 122 Å². The number of unbranched alkanes of at least 4 members (excludes halogenated alkanes) is 30. The van der Waals surface area contributed by atoms with Crippen molar-refractivity contribution in [1.82, 2.24) is 21.3 Å². The zero-order chi connectivity index (χ0) is 104. The van der Waals surface area contributed by atoms with Crippen LogP contribution in [0.15, 0.2) is 0 Å². The Morgan fingerprint density at radius 3 is 1.11 bits per heavy atom. The molecule has 0 aromatic rings. The highest BCUT2D eigenvalue weighted by atomic mass is 16.8. The quantitative estimate of drug-likeness (QED) is 0.0304. The average molecular weight is 2020 g/mol. The lowest BCUT2D eigenvalue weighted by Crippen LogP contribution is -2.72. The first kappa shape index (κ1) is 123. The largest absolute Gasteiger partial charge is 0.477 e. The second kappa shape index (κ2) is 62.8. The summed E-state index contributed by atoms with van der Waals surface area (Å²) in [5.41, 5.74) is 0. The average Bonchev–Trinajstić information content (AvgIpc) is 0.752. The molecule has 140 heavy (non-hydrogen) atoms. The zero-order valence-electron chi connectivity index (χ0n) is 81.8. The smallest absolute Gasteiger partial charge is 0.364 e. The van der Waals surface area contributed by atoms with E-state index in [0.29, 0.717) is 12.8 Å². The number of carboxylic acids is 3. The second-order valence-corrected chi connectivity index (χ2v) is 38.5. The molecule has 814 valence electrons. The van der Waals surface area contributed by atoms with Crippen LogP contribution in [0.2, 0.25) is 0 Å². The lowest BCUT2D eigenvalue weighted by molar-refractivity contribution is -0.404. The minimum Gasteiger partial charge on any atom is -0.477 e. The number of amides is 4. The molecule has 0 spiro atoms. The Bertz CT molecular complexity index is 3590. The molecule has 46 nitrogen and oxygen atoms in total. The highest BCUT2D eigenvalue weighted by molar-refractivity contribution is 5.79. The summed E-state index contributed by atoms with van der Waals surface area (Å²) in [6, 6.07) is -7.20. The number of rotatable bonds is 69. The number of aliphatic hydroxyl groups excluding tert-OH is 19. The van der Waals surface area contributed by atoms with Crippen molar-refractivity contribution in [3.05, 3.63) is 0 Å². The van der Waals surface area contributed by atoms with Crippen molar-refractivity contribution in [1.29, 1.82) is 0 Å². The Balaban J connectivity index is 1.29. The molecule has 0 bridgehead atoms. The SMILES string of the molecule is CCCCCCCCCCCCCCCCCCCCCC(=O)NC(COC1OC(CO)C(OC2OC(CO)C(OC3OC(CO)C(O)C(O)C3CC(C)=O)C(OC3(C(=O)O)CC(O)C(NC(C)=O)C(C(O)C(CO)OC4(C(=O)O)CC(O)C(NC(C)=O)C(C(O)C(CO)OC5(C(=O)O)CC(O)C(NC(C)=O)C(C(O)C(O)CO)O5)O4)O3)C2O)C(O)C1O)C(O)CCCCCCCCCCCCCCC. The molecular formula is C94H166N4O42. The van der Waals surface area contributed by atoms with Crippen molar-refractivity contribution >= 4 is 47.3 Å². The number of Topliss-reactive ketones (excluding diaryl/α,β-unsaturated/α-hetero) is 1. The van der Waals surface area contributed by atoms with Crippen LogP contribution in [0.3, 0.4) is 0 Å². The van der Waals surface area contributed by atoms with Gasteiger partial charge in [0, 0.05) is 58.8 Å². The van der Waals surface area contributed by atoms with Crippen LogP contribution >= 0.6 is 0 Å². The number of ether oxygens (including phenoxy) is 12. The molecule has 6 heterocycles. The van der Waals surface area contributed by atoms with Crippen LogP contribution in [-0.4, -0.2) is 413 Å². The maximum absolute atomic E-state index is 14.5. The molecular weight excluding hydrogens is 1860 g/mol. The summed E-state index contributed by atoms with van der Waals surface area (Å²) < 4.78 is 72.1. The van der Waals surface area contributed by atoms with Crippen LogP contribution in [-0.2, 0) is 95.2 Å². The third-order valence-corrected chi connectivity index (χ3v) is 27.1. The van der Waals surface area contributed by atoms with Gasteiger partial charge < -0.3 is 195 Å². The van der Waals surface area contributed by atoms with E-state index in [2.05, 4.69) is 35.1 Å². The molecule has 0 aromatic carbocycles. The van der Waals surface area contributed by atoms with Gasteiger partial charge in [-0.05, 0) is 19.8 Å². The van der Waals surface area contributed by atoms with Crippen molar-refractivity contribution in [3.8, 4) is 0 Å². The lowest BCUT2D eigenvalue weighted by Gasteiger charge is -2.53. The predicted octanol–water partition coefficient (Wildman–Crippen LogP) is -1.64. The van der Waals surface area contributed by atoms with Gasteiger partial charge >= 0.3 is 17.9 Å². The van der Waals surface area contributed by atoms with Crippen molar-refractivity contribution in [3.63, 3.8) is 0 Å². The zero-order valence-corrected chi connectivity index (χ0v) is 81.8. The minimum absolute atomic E-state index is 0.108. The van der Waals surface area contributed by atoms with E-state index in [9.17, 15) is 151 Å². The Morgan fingerprint density at radius 2 is 0.736 bits per heavy atom. The number of carboxylic acid groups (broad SMARTS) is 3. The van der Waals surface area contributed by atoms with E-state index in [1.807, 2.05) is 0 Å². The van der Waals surface area contributed by atoms with Crippen LogP contribution < -0.4 is 21.3 Å². The number of hydrogen-bond acceptors (Lipinski definition) is 39. The summed E-state index contributed by atoms with van der Waals surface area (Å²) in [6.45, 7) is -0.482. The molecule has 4 amide bonds. The van der Waals surface area contributed by atoms with Gasteiger partial charge in [-0.15, -0.1) is 0 Å². The van der Waals surface area contributed by atoms with Gasteiger partial charge in [-0.3, -0.25) is 19.2 Å². The molecule has 6 saturated heterocycles. The maximum Gasteiger partial charge on any atom is 0.364 e. The first-order valence-corrected chi connectivity index (χ1v) is 50.4. The van der Waals surface area contributed by atoms with E-state index < -0.39 is 332 Å². The van der Waals surface area contributed by atoms with Gasteiger partial charge in [-0.25, -0.2) is 14.4 Å². The number of aliphatic hydroxyl groups is 19. The van der Waals surface area contributed by atoms with Gasteiger partial charge in [0.2, 0.25) is 23.6 Å². The first-order chi connectivity index (χ1) is 66.6. The molecule has 6 rings (SSSR count). The minimum atomic E-state index is -3.70. The summed E-state index contributed by atoms with van der Waals surface area (Å²) in [4.78, 5) is 107. The fourth-order valence-electron chi connectivity index (χ4n) is 19.3. The van der Waals surface area contributed by atoms with Crippen LogP contribution in [0.25, 0.3) is 0 Å². The summed E-state index contributed by atoms with van der Waals surface area (Å²) in [6.07, 6.45) is -30.2. The maximum atomic E-state index is 14.5. The summed E-state index contributed by atoms with van der Waals surface area (Å²) >= 11 is 0. The molecule has 35 atom stereocenters. The molecule has 0 saturated carbocycles. The second-order valence-electron chi connectivity index (χ2n) is 38.5. The highest BCUT2D eigenvalue weighted by Gasteiger charge is 2.65. The molecule has 0 aliphatic carbocycles. The van der Waals surface area contributed by atoms with E-state index in [0.717, 1.165) is 98.3 Å². The van der Waals surface area contributed by atoms with Crippen molar-refractivity contribution in [2.24, 2.45) is 5.92 Å². The Labute approximate surface area is 817 Å². The number of hydrogen-bond donors (Lipinski definition) is 26. The fraction of sp³-hybridized carbons (Fsp3) is 0.915. The summed E-state index contributed by atoms with van der Waals surface area (Å²) in [5, 5.41) is 262. The lowest BCUT2D eigenvalue weighted by atomic mass is 9.86. The molecule has 35 unspecified atom stereocenters. The monoisotopic (exact) mass is 2020 g/mol. The summed E-state index contributed by atoms with van der Waals surface area (Å²) in [7, 11) is 0. The fourth-order valence-corrected chi connectivity index (χ4v) is 19.3. The predicted molar refractivity (Wildman–Crippen MR) is 488 cm³/mol. The standard InChI is InChI=1S/C94H166N4O42/c1-7-9-11-13-15-17-19-21-22-23-24-25-26-28-30-32-34-36-38-40-68(114)98-57(58(109)39-37-35-33-31-29-27-20-18-16-14-12-10-8-2)51-129-87-78(121)77(120)80(66(49-103)131-87)133-88-79(122)85(81(67(50-104)132-88)134-86-56(41-52(3)105)72(115)74(117)63(46-100)130-86)140-94(91(127)128)44-61(112)71(97-55(6)108)84(139-94)76(119)65(48-102)136-93(90(125)126)43-60(111)70(96-54(5)107)83(138-93)75(118)64(47-101)135-92(89(123)124)42-59(110)69(95-53(4)106)82(137-92)73(116)62(113)45-99/h56-67,69-88,99-104,109-113,115-122H,7-51H2,1-6H3,(H,95,106)(H,96,107)(H,97,108)(H,98,114)(H,123,124)(H,125,126)(H,127,128). The molecule has 0 radical (unpaired) electrons. The van der Waals surface area contributed by atoms with E-state index >= 15 is 0 Å². The van der Waals surface area contributed by atoms with Crippen LogP contribution in [0.1, 0.15) is 286 Å². The van der Waals surface area contributed by atoms with Gasteiger partial charge in [0.15, 0.2) is 18.9 Å². The van der Waals surface area contributed by atoms with Gasteiger partial charge in [0.05, 0.1) is 101 Å². The topological polar surface area (TPSA) is 741 Å². The number of carbonyl (C=O) groups excluding carboxylic acids is 5. The van der Waals surface area contributed by atoms with Crippen molar-refractivity contribution in [2.75, 3.05) is 46.2 Å².